The Balaban J connectivity index is 2.18. The Morgan fingerprint density at radius 3 is 2.70 bits per heavy atom. The van der Waals surface area contributed by atoms with Crippen LogP contribution < -0.4 is 5.32 Å². The van der Waals surface area contributed by atoms with Crippen LogP contribution in [0.3, 0.4) is 0 Å². The zero-order valence-electron chi connectivity index (χ0n) is 10.2. The summed E-state index contributed by atoms with van der Waals surface area (Å²) in [7, 11) is 0. The summed E-state index contributed by atoms with van der Waals surface area (Å²) < 4.78 is 26.4. The molecule has 1 fully saturated rings. The average Bonchev–Trinajstić information content (AvgIpc) is 2.82. The van der Waals surface area contributed by atoms with Crippen LogP contribution in [0.5, 0.6) is 0 Å². The SMILES string of the molecule is O=C(O)[C@@H]1CCCN1C(=O)Nc1c(F)cc(F)cc1Cl. The van der Waals surface area contributed by atoms with Crippen LogP contribution in [-0.4, -0.2) is 34.6 Å². The average molecular weight is 305 g/mol. The number of nitrogens with one attached hydrogen (secondary N) is 1. The van der Waals surface area contributed by atoms with Crippen molar-refractivity contribution in [3.63, 3.8) is 0 Å². The van der Waals surface area contributed by atoms with E-state index in [9.17, 15) is 18.4 Å². The molecule has 20 heavy (non-hydrogen) atoms. The Bertz CT molecular complexity index is 545. The molecule has 0 aliphatic carbocycles. The number of benzene rings is 1. The number of urea groups is 1. The fourth-order valence-corrected chi connectivity index (χ4v) is 2.35. The molecule has 1 saturated heterocycles. The molecule has 1 atom stereocenters. The van der Waals surface area contributed by atoms with Crippen molar-refractivity contribution in [2.24, 2.45) is 0 Å². The Morgan fingerprint density at radius 2 is 2.10 bits per heavy atom. The van der Waals surface area contributed by atoms with Crippen LogP contribution in [-0.2, 0) is 4.79 Å². The molecule has 1 heterocycles. The molecule has 2 N–H and O–H groups in total. The molecule has 1 aliphatic rings. The largest absolute Gasteiger partial charge is 0.480 e. The molecule has 0 aromatic heterocycles. The van der Waals surface area contributed by atoms with Crippen molar-refractivity contribution in [1.82, 2.24) is 4.90 Å². The van der Waals surface area contributed by atoms with E-state index in [0.29, 0.717) is 18.9 Å². The summed E-state index contributed by atoms with van der Waals surface area (Å²) in [5, 5.41) is 10.9. The number of carboxylic acids is 1. The molecule has 0 radical (unpaired) electrons. The summed E-state index contributed by atoms with van der Waals surface area (Å²) in [6.07, 6.45) is 0.881. The van der Waals surface area contributed by atoms with Crippen molar-refractivity contribution < 1.29 is 23.5 Å². The molecule has 1 aliphatic heterocycles. The van der Waals surface area contributed by atoms with Gasteiger partial charge in [0.15, 0.2) is 5.82 Å². The van der Waals surface area contributed by atoms with Gasteiger partial charge in [-0.2, -0.15) is 0 Å². The van der Waals surface area contributed by atoms with E-state index >= 15 is 0 Å². The maximum Gasteiger partial charge on any atom is 0.326 e. The van der Waals surface area contributed by atoms with Gasteiger partial charge in [0.25, 0.3) is 0 Å². The second-order valence-corrected chi connectivity index (χ2v) is 4.77. The summed E-state index contributed by atoms with van der Waals surface area (Å²) >= 11 is 5.65. The summed E-state index contributed by atoms with van der Waals surface area (Å²) in [4.78, 5) is 24.0. The van der Waals surface area contributed by atoms with Gasteiger partial charge in [0.05, 0.1) is 10.7 Å². The van der Waals surface area contributed by atoms with Gasteiger partial charge in [-0.05, 0) is 18.9 Å². The molecule has 8 heteroatoms. The van der Waals surface area contributed by atoms with Gasteiger partial charge in [0.1, 0.15) is 11.9 Å². The van der Waals surface area contributed by atoms with Gasteiger partial charge in [-0.1, -0.05) is 11.6 Å². The number of nitrogens with zero attached hydrogens (tertiary/aromatic N) is 1. The van der Waals surface area contributed by atoms with E-state index in [4.69, 9.17) is 16.7 Å². The number of anilines is 1. The minimum absolute atomic E-state index is 0.253. The van der Waals surface area contributed by atoms with Gasteiger partial charge in [-0.3, -0.25) is 0 Å². The molecular weight excluding hydrogens is 294 g/mol. The van der Waals surface area contributed by atoms with Crippen LogP contribution >= 0.6 is 11.6 Å². The molecule has 0 saturated carbocycles. The Kier molecular flexibility index (Phi) is 4.08. The van der Waals surface area contributed by atoms with Gasteiger partial charge in [-0.15, -0.1) is 0 Å². The van der Waals surface area contributed by atoms with Crippen molar-refractivity contribution in [2.45, 2.75) is 18.9 Å². The highest BCUT2D eigenvalue weighted by Crippen LogP contribution is 2.27. The third-order valence-electron chi connectivity index (χ3n) is 3.04. The standard InChI is InChI=1S/C12H11ClF2N2O3/c13-7-4-6(14)5-8(15)10(7)16-12(20)17-3-1-2-9(17)11(18)19/h4-5,9H,1-3H2,(H,16,20)(H,18,19)/t9-/m0/s1. The minimum atomic E-state index is -1.12. The molecule has 1 aromatic rings. The summed E-state index contributed by atoms with van der Waals surface area (Å²) in [6.45, 7) is 0.253. The fourth-order valence-electron chi connectivity index (χ4n) is 2.11. The zero-order valence-corrected chi connectivity index (χ0v) is 11.0. The van der Waals surface area contributed by atoms with Crippen LogP contribution in [0.4, 0.5) is 19.3 Å². The van der Waals surface area contributed by atoms with E-state index < -0.39 is 29.7 Å². The van der Waals surface area contributed by atoms with Crippen LogP contribution in [0.2, 0.25) is 5.02 Å². The van der Waals surface area contributed by atoms with E-state index in [1.165, 1.54) is 0 Å². The van der Waals surface area contributed by atoms with Gasteiger partial charge in [-0.25, -0.2) is 18.4 Å². The highest BCUT2D eigenvalue weighted by Gasteiger charge is 2.34. The Labute approximate surface area is 118 Å². The number of hydrogen-bond acceptors (Lipinski definition) is 2. The second-order valence-electron chi connectivity index (χ2n) is 4.36. The van der Waals surface area contributed by atoms with Crippen molar-refractivity contribution in [2.75, 3.05) is 11.9 Å². The first-order chi connectivity index (χ1) is 9.40. The monoisotopic (exact) mass is 304 g/mol. The topological polar surface area (TPSA) is 69.6 Å². The number of halogens is 3. The van der Waals surface area contributed by atoms with Crippen molar-refractivity contribution >= 4 is 29.3 Å². The molecule has 1 aromatic carbocycles. The van der Waals surface area contributed by atoms with Crippen LogP contribution in [0.15, 0.2) is 12.1 Å². The highest BCUT2D eigenvalue weighted by atomic mass is 35.5. The zero-order chi connectivity index (χ0) is 14.9. The van der Waals surface area contributed by atoms with E-state index in [-0.39, 0.29) is 17.3 Å². The van der Waals surface area contributed by atoms with E-state index in [0.717, 1.165) is 11.0 Å². The fraction of sp³-hybridized carbons (Fsp3) is 0.333. The number of aliphatic carboxylic acids is 1. The normalized spacial score (nSPS) is 18.1. The highest BCUT2D eigenvalue weighted by molar-refractivity contribution is 6.33. The predicted octanol–water partition coefficient (Wildman–Crippen LogP) is 2.70. The lowest BCUT2D eigenvalue weighted by Crippen LogP contribution is -2.43. The van der Waals surface area contributed by atoms with Gasteiger partial charge in [0, 0.05) is 12.6 Å². The maximum absolute atomic E-state index is 13.5. The van der Waals surface area contributed by atoms with Crippen molar-refractivity contribution in [3.05, 3.63) is 28.8 Å². The molecule has 0 spiro atoms. The van der Waals surface area contributed by atoms with Gasteiger partial charge >= 0.3 is 12.0 Å². The smallest absolute Gasteiger partial charge is 0.326 e. The lowest BCUT2D eigenvalue weighted by atomic mass is 10.2. The number of hydrogen-bond donors (Lipinski definition) is 2. The number of carbonyl (C=O) groups excluding carboxylic acids is 1. The number of likely N-dealkylation sites (tertiary alicyclic amines) is 1. The number of amides is 2. The molecule has 2 rings (SSSR count). The molecule has 0 unspecified atom stereocenters. The van der Waals surface area contributed by atoms with Crippen molar-refractivity contribution in [3.8, 4) is 0 Å². The summed E-state index contributed by atoms with van der Waals surface area (Å²) in [5.74, 6) is -3.01. The number of carbonyl (C=O) groups is 2. The summed E-state index contributed by atoms with van der Waals surface area (Å²) in [6, 6.07) is -0.279. The number of rotatable bonds is 2. The summed E-state index contributed by atoms with van der Waals surface area (Å²) in [5.41, 5.74) is -0.367. The van der Waals surface area contributed by atoms with E-state index in [1.54, 1.807) is 0 Å². The quantitative estimate of drug-likeness (QED) is 0.882. The first kappa shape index (κ1) is 14.5. The lowest BCUT2D eigenvalue weighted by molar-refractivity contribution is -0.141. The van der Waals surface area contributed by atoms with Gasteiger partial charge < -0.3 is 15.3 Å². The first-order valence-electron chi connectivity index (χ1n) is 5.85. The predicted molar refractivity (Wildman–Crippen MR) is 67.8 cm³/mol. The molecule has 108 valence electrons. The van der Waals surface area contributed by atoms with E-state index in [2.05, 4.69) is 5.32 Å². The van der Waals surface area contributed by atoms with Crippen LogP contribution in [0, 0.1) is 11.6 Å². The molecule has 0 bridgehead atoms. The second kappa shape index (κ2) is 5.62. The van der Waals surface area contributed by atoms with Crippen LogP contribution in [0.25, 0.3) is 0 Å². The van der Waals surface area contributed by atoms with Gasteiger partial charge in [0.2, 0.25) is 0 Å². The van der Waals surface area contributed by atoms with E-state index in [1.807, 2.05) is 0 Å². The minimum Gasteiger partial charge on any atom is -0.480 e. The first-order valence-corrected chi connectivity index (χ1v) is 6.23. The third kappa shape index (κ3) is 2.82. The Morgan fingerprint density at radius 1 is 1.40 bits per heavy atom. The maximum atomic E-state index is 13.5. The molecular formula is C12H11ClF2N2O3. The number of carboxylic acid groups (broad SMARTS) is 1. The lowest BCUT2D eigenvalue weighted by Gasteiger charge is -2.22. The molecule has 5 nitrogen and oxygen atoms in total. The van der Waals surface area contributed by atoms with Crippen LogP contribution in [0.1, 0.15) is 12.8 Å². The van der Waals surface area contributed by atoms with Crippen molar-refractivity contribution in [1.29, 1.82) is 0 Å². The third-order valence-corrected chi connectivity index (χ3v) is 3.34. The Hall–Kier alpha value is -1.89. The molecule has 2 amide bonds.